The number of hydrogen-bond acceptors (Lipinski definition) is 4. The molecule has 0 bridgehead atoms. The van der Waals surface area contributed by atoms with Crippen molar-refractivity contribution in [3.05, 3.63) is 29.8 Å². The van der Waals surface area contributed by atoms with Crippen molar-refractivity contribution in [3.8, 4) is 0 Å². The number of benzene rings is 1. The van der Waals surface area contributed by atoms with Crippen molar-refractivity contribution in [3.63, 3.8) is 0 Å². The Morgan fingerprint density at radius 3 is 2.58 bits per heavy atom. The van der Waals surface area contributed by atoms with E-state index >= 15 is 0 Å². The van der Waals surface area contributed by atoms with Crippen LogP contribution in [0.4, 0.5) is 5.69 Å². The van der Waals surface area contributed by atoms with Crippen LogP contribution in [0.25, 0.3) is 0 Å². The molecule has 19 heavy (non-hydrogen) atoms. The average Bonchev–Trinajstić information content (AvgIpc) is 2.38. The molecule has 2 N–H and O–H groups in total. The Hall–Kier alpha value is -1.36. The van der Waals surface area contributed by atoms with Gasteiger partial charge in [-0.3, -0.25) is 4.79 Å². The second-order valence-electron chi connectivity index (χ2n) is 5.27. The summed E-state index contributed by atoms with van der Waals surface area (Å²) >= 11 is 0. The van der Waals surface area contributed by atoms with Crippen LogP contribution >= 0.6 is 0 Å². The Labute approximate surface area is 113 Å². The van der Waals surface area contributed by atoms with E-state index in [1.54, 1.807) is 24.3 Å². The van der Waals surface area contributed by atoms with Crippen LogP contribution in [0.5, 0.6) is 0 Å². The predicted molar refractivity (Wildman–Crippen MR) is 75.8 cm³/mol. The summed E-state index contributed by atoms with van der Waals surface area (Å²) in [5, 5.41) is -0.389. The van der Waals surface area contributed by atoms with Gasteiger partial charge in [0.2, 0.25) is 0 Å². The minimum Gasteiger partial charge on any atom is -0.398 e. The summed E-state index contributed by atoms with van der Waals surface area (Å²) in [6, 6.07) is 6.97. The molecule has 2 unspecified atom stereocenters. The maximum Gasteiger partial charge on any atom is 0.168 e. The molecule has 5 heteroatoms. The molecule has 0 amide bonds. The van der Waals surface area contributed by atoms with E-state index in [-0.39, 0.29) is 17.0 Å². The van der Waals surface area contributed by atoms with E-state index < -0.39 is 9.84 Å². The van der Waals surface area contributed by atoms with Gasteiger partial charge in [0.1, 0.15) is 9.84 Å². The minimum atomic E-state index is -3.07. The van der Waals surface area contributed by atoms with E-state index in [1.165, 1.54) is 6.26 Å². The number of ketones is 1. The number of anilines is 1. The van der Waals surface area contributed by atoms with E-state index in [0.29, 0.717) is 24.1 Å². The van der Waals surface area contributed by atoms with Crippen molar-refractivity contribution in [1.82, 2.24) is 0 Å². The highest BCUT2D eigenvalue weighted by Crippen LogP contribution is 2.31. The first-order valence-electron chi connectivity index (χ1n) is 6.47. The number of para-hydroxylation sites is 1. The fraction of sp³-hybridized carbons (Fsp3) is 0.500. The van der Waals surface area contributed by atoms with Gasteiger partial charge in [-0.05, 0) is 31.4 Å². The van der Waals surface area contributed by atoms with Crippen LogP contribution in [0.1, 0.15) is 36.0 Å². The summed E-state index contributed by atoms with van der Waals surface area (Å²) in [5.74, 6) is -0.246. The van der Waals surface area contributed by atoms with Crippen molar-refractivity contribution in [2.24, 2.45) is 5.92 Å². The predicted octanol–water partition coefficient (Wildman–Crippen LogP) is 2.05. The van der Waals surface area contributed by atoms with Gasteiger partial charge in [-0.15, -0.1) is 0 Å². The van der Waals surface area contributed by atoms with E-state index in [4.69, 9.17) is 5.73 Å². The largest absolute Gasteiger partial charge is 0.398 e. The summed E-state index contributed by atoms with van der Waals surface area (Å²) < 4.78 is 23.2. The van der Waals surface area contributed by atoms with Crippen LogP contribution in [-0.2, 0) is 9.84 Å². The fourth-order valence-corrected chi connectivity index (χ4v) is 3.89. The lowest BCUT2D eigenvalue weighted by atomic mass is 9.83. The Kier molecular flexibility index (Phi) is 3.94. The topological polar surface area (TPSA) is 77.2 Å². The summed E-state index contributed by atoms with van der Waals surface area (Å²) in [7, 11) is -3.07. The highest BCUT2D eigenvalue weighted by atomic mass is 32.2. The number of carbonyl (C=O) groups is 1. The zero-order valence-corrected chi connectivity index (χ0v) is 11.8. The summed E-state index contributed by atoms with van der Waals surface area (Å²) in [5.41, 5.74) is 6.79. The molecule has 1 fully saturated rings. The first kappa shape index (κ1) is 14.1. The highest BCUT2D eigenvalue weighted by molar-refractivity contribution is 7.91. The third kappa shape index (κ3) is 3.15. The molecule has 0 radical (unpaired) electrons. The molecular formula is C14H19NO3S. The van der Waals surface area contributed by atoms with Gasteiger partial charge < -0.3 is 5.73 Å². The molecule has 0 aliphatic heterocycles. The second-order valence-corrected chi connectivity index (χ2v) is 7.59. The second kappa shape index (κ2) is 5.33. The Balaban J connectivity index is 2.19. The zero-order chi connectivity index (χ0) is 14.0. The smallest absolute Gasteiger partial charge is 0.168 e. The first-order chi connectivity index (χ1) is 8.89. The standard InChI is InChI=1S/C14H19NO3S/c1-19(17,18)11-6-4-5-10(9-11)14(16)12-7-2-3-8-13(12)15/h2-3,7-8,10-11H,4-6,9,15H2,1H3. The quantitative estimate of drug-likeness (QED) is 0.679. The number of Topliss-reactive ketones (excluding diaryl/α,β-unsaturated/α-hetero) is 1. The SMILES string of the molecule is CS(=O)(=O)C1CCCC(C(=O)c2ccccc2N)C1. The molecule has 1 aliphatic carbocycles. The van der Waals surface area contributed by atoms with Crippen LogP contribution in [0.3, 0.4) is 0 Å². The molecule has 2 atom stereocenters. The Bertz CT molecular complexity index is 580. The highest BCUT2D eigenvalue weighted by Gasteiger charge is 2.33. The molecule has 0 spiro atoms. The number of rotatable bonds is 3. The maximum absolute atomic E-state index is 12.4. The van der Waals surface area contributed by atoms with Crippen molar-refractivity contribution >= 4 is 21.3 Å². The number of hydrogen-bond donors (Lipinski definition) is 1. The lowest BCUT2D eigenvalue weighted by molar-refractivity contribution is 0.0892. The molecule has 1 aliphatic rings. The third-order valence-electron chi connectivity index (χ3n) is 3.83. The molecule has 1 aromatic carbocycles. The molecule has 104 valence electrons. The van der Waals surface area contributed by atoms with Gasteiger partial charge in [-0.2, -0.15) is 0 Å². The van der Waals surface area contributed by atoms with Crippen LogP contribution in [0.2, 0.25) is 0 Å². The van der Waals surface area contributed by atoms with E-state index in [9.17, 15) is 13.2 Å². The Morgan fingerprint density at radius 2 is 1.95 bits per heavy atom. The third-order valence-corrected chi connectivity index (χ3v) is 5.47. The van der Waals surface area contributed by atoms with Crippen LogP contribution in [0.15, 0.2) is 24.3 Å². The number of carbonyl (C=O) groups excluding carboxylic acids is 1. The van der Waals surface area contributed by atoms with Gasteiger partial charge in [-0.1, -0.05) is 18.6 Å². The maximum atomic E-state index is 12.4. The van der Waals surface area contributed by atoms with Gasteiger partial charge in [0, 0.05) is 23.4 Å². The first-order valence-corrected chi connectivity index (χ1v) is 8.42. The van der Waals surface area contributed by atoms with Gasteiger partial charge >= 0.3 is 0 Å². The lowest BCUT2D eigenvalue weighted by Gasteiger charge is -2.27. The van der Waals surface area contributed by atoms with Crippen LogP contribution in [-0.4, -0.2) is 25.7 Å². The van der Waals surface area contributed by atoms with Crippen LogP contribution in [0, 0.1) is 5.92 Å². The van der Waals surface area contributed by atoms with E-state index in [0.717, 1.165) is 12.8 Å². The molecule has 4 nitrogen and oxygen atoms in total. The zero-order valence-electron chi connectivity index (χ0n) is 11.0. The van der Waals surface area contributed by atoms with E-state index in [2.05, 4.69) is 0 Å². The van der Waals surface area contributed by atoms with Crippen molar-refractivity contribution in [2.45, 2.75) is 30.9 Å². The molecule has 0 saturated heterocycles. The van der Waals surface area contributed by atoms with Crippen molar-refractivity contribution in [1.29, 1.82) is 0 Å². The van der Waals surface area contributed by atoms with Crippen LogP contribution < -0.4 is 5.73 Å². The lowest BCUT2D eigenvalue weighted by Crippen LogP contribution is -2.31. The number of nitrogen functional groups attached to an aromatic ring is 1. The van der Waals surface area contributed by atoms with Gasteiger partial charge in [-0.25, -0.2) is 8.42 Å². The van der Waals surface area contributed by atoms with Gasteiger partial charge in [0.05, 0.1) is 5.25 Å². The molecule has 0 aromatic heterocycles. The summed E-state index contributed by atoms with van der Waals surface area (Å²) in [6.45, 7) is 0. The summed E-state index contributed by atoms with van der Waals surface area (Å²) in [6.07, 6.45) is 3.86. The monoisotopic (exact) mass is 281 g/mol. The van der Waals surface area contributed by atoms with Gasteiger partial charge in [0.15, 0.2) is 5.78 Å². The molecule has 1 saturated carbocycles. The molecule has 2 rings (SSSR count). The fourth-order valence-electron chi connectivity index (χ4n) is 2.71. The molecule has 0 heterocycles. The molecular weight excluding hydrogens is 262 g/mol. The van der Waals surface area contributed by atoms with Gasteiger partial charge in [0.25, 0.3) is 0 Å². The van der Waals surface area contributed by atoms with Crippen molar-refractivity contribution in [2.75, 3.05) is 12.0 Å². The number of sulfone groups is 1. The number of nitrogens with two attached hydrogens (primary N) is 1. The van der Waals surface area contributed by atoms with Crippen molar-refractivity contribution < 1.29 is 13.2 Å². The minimum absolute atomic E-state index is 0.0218. The summed E-state index contributed by atoms with van der Waals surface area (Å²) in [4.78, 5) is 12.4. The van der Waals surface area contributed by atoms with E-state index in [1.807, 2.05) is 0 Å². The molecule has 1 aromatic rings. The Morgan fingerprint density at radius 1 is 1.26 bits per heavy atom. The average molecular weight is 281 g/mol. The normalized spacial score (nSPS) is 24.1.